The lowest BCUT2D eigenvalue weighted by Crippen LogP contribution is -2.30. The molecule has 3 nitrogen and oxygen atoms in total. The Balaban J connectivity index is 1.73. The summed E-state index contributed by atoms with van der Waals surface area (Å²) in [5.41, 5.74) is 0. The number of hydrogen-bond acceptors (Lipinski definition) is 3. The van der Waals surface area contributed by atoms with Crippen molar-refractivity contribution in [1.29, 1.82) is 0 Å². The fraction of sp³-hybridized carbons (Fsp3) is 0.600. The summed E-state index contributed by atoms with van der Waals surface area (Å²) in [6.07, 6.45) is 3.76. The molecule has 1 aliphatic rings. The van der Waals surface area contributed by atoms with Gasteiger partial charge < -0.3 is 14.8 Å². The Morgan fingerprint density at radius 1 is 1.28 bits per heavy atom. The largest absolute Gasteiger partial charge is 0.494 e. The average molecular weight is 249 g/mol. The van der Waals surface area contributed by atoms with Crippen LogP contribution in [-0.4, -0.2) is 26.3 Å². The van der Waals surface area contributed by atoms with Crippen LogP contribution in [0.5, 0.6) is 11.5 Å². The molecule has 2 rings (SSSR count). The summed E-state index contributed by atoms with van der Waals surface area (Å²) < 4.78 is 11.2. The molecule has 1 heterocycles. The summed E-state index contributed by atoms with van der Waals surface area (Å²) in [4.78, 5) is 0. The van der Waals surface area contributed by atoms with E-state index in [4.69, 9.17) is 9.47 Å². The van der Waals surface area contributed by atoms with Crippen molar-refractivity contribution in [3.63, 3.8) is 0 Å². The van der Waals surface area contributed by atoms with Crippen molar-refractivity contribution in [2.24, 2.45) is 5.92 Å². The predicted octanol–water partition coefficient (Wildman–Crippen LogP) is 2.85. The lowest BCUT2D eigenvalue weighted by Gasteiger charge is -2.22. The first kappa shape index (κ1) is 13.2. The van der Waals surface area contributed by atoms with Crippen molar-refractivity contribution in [1.82, 2.24) is 5.32 Å². The minimum absolute atomic E-state index is 0.692. The van der Waals surface area contributed by atoms with E-state index in [-0.39, 0.29) is 0 Å². The Kier molecular flexibility index (Phi) is 5.34. The van der Waals surface area contributed by atoms with Crippen molar-refractivity contribution in [2.45, 2.75) is 26.2 Å². The lowest BCUT2D eigenvalue weighted by atomic mass is 9.97. The van der Waals surface area contributed by atoms with Crippen LogP contribution in [0.25, 0.3) is 0 Å². The van der Waals surface area contributed by atoms with Gasteiger partial charge in [-0.25, -0.2) is 0 Å². The second-order valence-corrected chi connectivity index (χ2v) is 4.76. The Labute approximate surface area is 109 Å². The highest BCUT2D eigenvalue weighted by molar-refractivity contribution is 5.32. The van der Waals surface area contributed by atoms with Crippen molar-refractivity contribution in [3.05, 3.63) is 24.3 Å². The lowest BCUT2D eigenvalue weighted by molar-refractivity contribution is 0.252. The highest BCUT2D eigenvalue weighted by Crippen LogP contribution is 2.20. The maximum Gasteiger partial charge on any atom is 0.122 e. The standard InChI is InChI=1S/C15H23NO2/c1-2-17-14-6-3-7-15(11-14)18-10-8-13-5-4-9-16-12-13/h3,6-7,11,13,16H,2,4-5,8-10,12H2,1H3/t13-/m0/s1. The number of ether oxygens (including phenoxy) is 2. The minimum Gasteiger partial charge on any atom is -0.494 e. The van der Waals surface area contributed by atoms with Crippen LogP contribution >= 0.6 is 0 Å². The van der Waals surface area contributed by atoms with Gasteiger partial charge in [-0.2, -0.15) is 0 Å². The third kappa shape index (κ3) is 4.22. The van der Waals surface area contributed by atoms with Crippen LogP contribution in [0, 0.1) is 5.92 Å². The van der Waals surface area contributed by atoms with Crippen LogP contribution in [0.4, 0.5) is 0 Å². The number of hydrogen-bond donors (Lipinski definition) is 1. The molecule has 1 saturated heterocycles. The Bertz CT molecular complexity index is 348. The van der Waals surface area contributed by atoms with Gasteiger partial charge in [-0.15, -0.1) is 0 Å². The average Bonchev–Trinajstić information content (AvgIpc) is 2.41. The zero-order valence-electron chi connectivity index (χ0n) is 11.2. The Hall–Kier alpha value is -1.22. The monoisotopic (exact) mass is 249 g/mol. The highest BCUT2D eigenvalue weighted by atomic mass is 16.5. The van der Waals surface area contributed by atoms with Gasteiger partial charge in [-0.1, -0.05) is 6.07 Å². The van der Waals surface area contributed by atoms with Crippen molar-refractivity contribution >= 4 is 0 Å². The van der Waals surface area contributed by atoms with Crippen LogP contribution in [0.15, 0.2) is 24.3 Å². The molecule has 18 heavy (non-hydrogen) atoms. The van der Waals surface area contributed by atoms with Crippen LogP contribution in [-0.2, 0) is 0 Å². The first-order valence-corrected chi connectivity index (χ1v) is 6.95. The second kappa shape index (κ2) is 7.27. The van der Waals surface area contributed by atoms with Crippen molar-refractivity contribution in [3.8, 4) is 11.5 Å². The molecule has 1 N–H and O–H groups in total. The van der Waals surface area contributed by atoms with Gasteiger partial charge in [0.05, 0.1) is 13.2 Å². The summed E-state index contributed by atoms with van der Waals surface area (Å²) in [5.74, 6) is 2.56. The molecule has 0 unspecified atom stereocenters. The van der Waals surface area contributed by atoms with E-state index in [0.717, 1.165) is 37.0 Å². The normalized spacial score (nSPS) is 19.5. The predicted molar refractivity (Wildman–Crippen MR) is 73.3 cm³/mol. The molecule has 0 radical (unpaired) electrons. The summed E-state index contributed by atoms with van der Waals surface area (Å²) in [7, 11) is 0. The van der Waals surface area contributed by atoms with E-state index in [1.54, 1.807) is 0 Å². The first-order valence-electron chi connectivity index (χ1n) is 6.95. The third-order valence-corrected chi connectivity index (χ3v) is 3.31. The molecule has 1 aromatic rings. The van der Waals surface area contributed by atoms with Gasteiger partial charge in [0.15, 0.2) is 0 Å². The molecule has 1 aromatic carbocycles. The summed E-state index contributed by atoms with van der Waals surface area (Å²) >= 11 is 0. The van der Waals surface area contributed by atoms with E-state index in [0.29, 0.717) is 6.61 Å². The topological polar surface area (TPSA) is 30.5 Å². The van der Waals surface area contributed by atoms with E-state index in [1.807, 2.05) is 31.2 Å². The molecule has 0 aromatic heterocycles. The SMILES string of the molecule is CCOc1cccc(OCC[C@@H]2CCCNC2)c1. The number of nitrogens with one attached hydrogen (secondary N) is 1. The first-order chi connectivity index (χ1) is 8.88. The molecule has 0 amide bonds. The molecule has 0 saturated carbocycles. The summed E-state index contributed by atoms with van der Waals surface area (Å²) in [5, 5.41) is 3.43. The maximum atomic E-state index is 5.79. The number of rotatable bonds is 6. The van der Waals surface area contributed by atoms with Gasteiger partial charge in [-0.05, 0) is 57.3 Å². The molecule has 100 valence electrons. The maximum absolute atomic E-state index is 5.79. The van der Waals surface area contributed by atoms with Gasteiger partial charge in [0.25, 0.3) is 0 Å². The van der Waals surface area contributed by atoms with Gasteiger partial charge >= 0.3 is 0 Å². The molecule has 0 bridgehead atoms. The van der Waals surface area contributed by atoms with Gasteiger partial charge in [0.2, 0.25) is 0 Å². The van der Waals surface area contributed by atoms with E-state index in [2.05, 4.69) is 5.32 Å². The molecular weight excluding hydrogens is 226 g/mol. The Morgan fingerprint density at radius 3 is 2.83 bits per heavy atom. The summed E-state index contributed by atoms with van der Waals surface area (Å²) in [6, 6.07) is 7.88. The minimum atomic E-state index is 0.692. The van der Waals surface area contributed by atoms with E-state index >= 15 is 0 Å². The molecule has 3 heteroatoms. The zero-order valence-corrected chi connectivity index (χ0v) is 11.2. The van der Waals surface area contributed by atoms with Crippen molar-refractivity contribution in [2.75, 3.05) is 26.3 Å². The van der Waals surface area contributed by atoms with E-state index in [1.165, 1.54) is 19.4 Å². The van der Waals surface area contributed by atoms with E-state index in [9.17, 15) is 0 Å². The van der Waals surface area contributed by atoms with Crippen LogP contribution in [0.2, 0.25) is 0 Å². The van der Waals surface area contributed by atoms with Crippen LogP contribution in [0.3, 0.4) is 0 Å². The quantitative estimate of drug-likeness (QED) is 0.841. The van der Waals surface area contributed by atoms with Crippen molar-refractivity contribution < 1.29 is 9.47 Å². The fourth-order valence-corrected chi connectivity index (χ4v) is 2.33. The van der Waals surface area contributed by atoms with E-state index < -0.39 is 0 Å². The smallest absolute Gasteiger partial charge is 0.122 e. The van der Waals surface area contributed by atoms with Gasteiger partial charge in [-0.3, -0.25) is 0 Å². The number of piperidine rings is 1. The molecule has 1 atom stereocenters. The Morgan fingerprint density at radius 2 is 2.11 bits per heavy atom. The van der Waals surface area contributed by atoms with Gasteiger partial charge in [0.1, 0.15) is 11.5 Å². The second-order valence-electron chi connectivity index (χ2n) is 4.76. The van der Waals surface area contributed by atoms with Gasteiger partial charge in [0, 0.05) is 6.07 Å². The highest BCUT2D eigenvalue weighted by Gasteiger charge is 2.12. The summed E-state index contributed by atoms with van der Waals surface area (Å²) in [6.45, 7) is 5.79. The molecule has 0 spiro atoms. The van der Waals surface area contributed by atoms with Crippen LogP contribution in [0.1, 0.15) is 26.2 Å². The molecule has 1 fully saturated rings. The molecule has 1 aliphatic heterocycles. The number of benzene rings is 1. The molecular formula is C15H23NO2. The molecule has 0 aliphatic carbocycles. The zero-order chi connectivity index (χ0) is 12.6. The fourth-order valence-electron chi connectivity index (χ4n) is 2.33. The van der Waals surface area contributed by atoms with Crippen LogP contribution < -0.4 is 14.8 Å². The third-order valence-electron chi connectivity index (χ3n) is 3.31.